The summed E-state index contributed by atoms with van der Waals surface area (Å²) >= 11 is 6.02. The molecule has 0 saturated heterocycles. The second kappa shape index (κ2) is 6.40. The molecule has 0 atom stereocenters. The number of halogens is 1. The molecule has 2 rings (SSSR count). The molecular weight excluding hydrogens is 234 g/mol. The first-order valence-electron chi connectivity index (χ1n) is 5.93. The van der Waals surface area contributed by atoms with Gasteiger partial charge in [-0.15, -0.1) is 0 Å². The number of nitrogens with zero attached hydrogens (tertiary/aromatic N) is 2. The smallest absolute Gasteiger partial charge is 0.117 e. The van der Waals surface area contributed by atoms with E-state index in [4.69, 9.17) is 11.6 Å². The summed E-state index contributed by atoms with van der Waals surface area (Å²) in [5, 5.41) is 4.89. The van der Waals surface area contributed by atoms with Crippen molar-refractivity contribution in [2.24, 2.45) is 10.1 Å². The SMILES string of the molecule is Clc1ccccc1/C=N\NC1=NCCCCC1. The molecule has 1 aliphatic rings. The van der Waals surface area contributed by atoms with Gasteiger partial charge in [0.25, 0.3) is 0 Å². The van der Waals surface area contributed by atoms with Crippen LogP contribution in [0.4, 0.5) is 0 Å². The minimum Gasteiger partial charge on any atom is -0.271 e. The highest BCUT2D eigenvalue weighted by Crippen LogP contribution is 2.12. The van der Waals surface area contributed by atoms with Crippen molar-refractivity contribution in [3.05, 3.63) is 34.9 Å². The lowest BCUT2D eigenvalue weighted by molar-refractivity contribution is 0.729. The molecule has 1 N–H and O–H groups in total. The average molecular weight is 250 g/mol. The molecule has 0 bridgehead atoms. The molecule has 1 aromatic carbocycles. The minimum atomic E-state index is 0.709. The van der Waals surface area contributed by atoms with E-state index in [1.807, 2.05) is 24.3 Å². The predicted molar refractivity (Wildman–Crippen MR) is 73.0 cm³/mol. The molecule has 4 heteroatoms. The van der Waals surface area contributed by atoms with Crippen LogP contribution in [0.15, 0.2) is 34.4 Å². The average Bonchev–Trinajstić information content (AvgIpc) is 2.60. The van der Waals surface area contributed by atoms with Gasteiger partial charge in [-0.3, -0.25) is 10.4 Å². The highest BCUT2D eigenvalue weighted by molar-refractivity contribution is 6.33. The van der Waals surface area contributed by atoms with E-state index < -0.39 is 0 Å². The molecule has 0 aromatic heterocycles. The van der Waals surface area contributed by atoms with Crippen molar-refractivity contribution in [2.75, 3.05) is 6.54 Å². The third kappa shape index (κ3) is 3.86. The van der Waals surface area contributed by atoms with E-state index in [1.54, 1.807) is 6.21 Å². The van der Waals surface area contributed by atoms with Crippen LogP contribution in [0.2, 0.25) is 5.02 Å². The normalized spacial score (nSPS) is 16.6. The summed E-state index contributed by atoms with van der Waals surface area (Å²) in [4.78, 5) is 4.44. The molecule has 0 amide bonds. The van der Waals surface area contributed by atoms with Crippen LogP contribution in [0.1, 0.15) is 31.2 Å². The van der Waals surface area contributed by atoms with E-state index >= 15 is 0 Å². The highest BCUT2D eigenvalue weighted by atomic mass is 35.5. The van der Waals surface area contributed by atoms with Gasteiger partial charge in [-0.25, -0.2) is 0 Å². The fourth-order valence-corrected chi connectivity index (χ4v) is 1.91. The van der Waals surface area contributed by atoms with Gasteiger partial charge in [0.1, 0.15) is 5.84 Å². The predicted octanol–water partition coefficient (Wildman–Crippen LogP) is 3.24. The summed E-state index contributed by atoms with van der Waals surface area (Å²) in [6.45, 7) is 0.907. The Morgan fingerprint density at radius 3 is 3.00 bits per heavy atom. The van der Waals surface area contributed by atoms with Crippen molar-refractivity contribution >= 4 is 23.7 Å². The lowest BCUT2D eigenvalue weighted by atomic mass is 10.2. The van der Waals surface area contributed by atoms with E-state index in [1.165, 1.54) is 19.3 Å². The largest absolute Gasteiger partial charge is 0.271 e. The van der Waals surface area contributed by atoms with Gasteiger partial charge >= 0.3 is 0 Å². The Morgan fingerprint density at radius 2 is 2.12 bits per heavy atom. The van der Waals surface area contributed by atoms with Crippen LogP contribution in [-0.4, -0.2) is 18.6 Å². The first-order valence-corrected chi connectivity index (χ1v) is 6.31. The van der Waals surface area contributed by atoms with Crippen LogP contribution in [0.3, 0.4) is 0 Å². The number of hydrogen-bond donors (Lipinski definition) is 1. The summed E-state index contributed by atoms with van der Waals surface area (Å²) in [5.41, 5.74) is 3.91. The summed E-state index contributed by atoms with van der Waals surface area (Å²) in [6.07, 6.45) is 6.34. The van der Waals surface area contributed by atoms with Crippen molar-refractivity contribution in [1.82, 2.24) is 5.43 Å². The van der Waals surface area contributed by atoms with E-state index in [9.17, 15) is 0 Å². The number of nitrogens with one attached hydrogen (secondary N) is 1. The van der Waals surface area contributed by atoms with Gasteiger partial charge in [0.05, 0.1) is 6.21 Å². The summed E-state index contributed by atoms with van der Waals surface area (Å²) < 4.78 is 0. The number of aliphatic imine (C=N–C) groups is 1. The fourth-order valence-electron chi connectivity index (χ4n) is 1.72. The van der Waals surface area contributed by atoms with E-state index in [2.05, 4.69) is 15.5 Å². The number of hydrazone groups is 1. The molecule has 1 aromatic rings. The van der Waals surface area contributed by atoms with E-state index in [0.717, 1.165) is 24.4 Å². The van der Waals surface area contributed by atoms with Gasteiger partial charge in [0, 0.05) is 23.6 Å². The molecule has 0 radical (unpaired) electrons. The monoisotopic (exact) mass is 249 g/mol. The number of benzene rings is 1. The highest BCUT2D eigenvalue weighted by Gasteiger charge is 2.02. The molecular formula is C13H16ClN3. The Balaban J connectivity index is 1.93. The molecule has 0 aliphatic carbocycles. The van der Waals surface area contributed by atoms with Crippen LogP contribution in [0.25, 0.3) is 0 Å². The van der Waals surface area contributed by atoms with Gasteiger partial charge in [0.2, 0.25) is 0 Å². The first-order chi connectivity index (χ1) is 8.36. The summed E-state index contributed by atoms with van der Waals surface area (Å²) in [6, 6.07) is 7.63. The number of amidine groups is 1. The van der Waals surface area contributed by atoms with Crippen molar-refractivity contribution in [2.45, 2.75) is 25.7 Å². The van der Waals surface area contributed by atoms with Crippen LogP contribution >= 0.6 is 11.6 Å². The van der Waals surface area contributed by atoms with E-state index in [0.29, 0.717) is 5.02 Å². The fraction of sp³-hybridized carbons (Fsp3) is 0.385. The van der Waals surface area contributed by atoms with Gasteiger partial charge in [0.15, 0.2) is 0 Å². The van der Waals surface area contributed by atoms with Crippen LogP contribution < -0.4 is 5.43 Å². The molecule has 1 heterocycles. The molecule has 0 unspecified atom stereocenters. The molecule has 90 valence electrons. The number of rotatable bonds is 2. The quantitative estimate of drug-likeness (QED) is 0.634. The Labute approximate surface area is 107 Å². The molecule has 0 fully saturated rings. The number of hydrogen-bond acceptors (Lipinski definition) is 3. The Bertz CT molecular complexity index is 426. The standard InChI is InChI=1S/C13H16ClN3/c14-12-7-4-3-6-11(12)10-16-17-13-8-2-1-5-9-15-13/h3-4,6-7,10H,1-2,5,8-9H2,(H,15,17)/b16-10-. The molecule has 3 nitrogen and oxygen atoms in total. The molecule has 1 aliphatic heterocycles. The van der Waals surface area contributed by atoms with Crippen LogP contribution in [-0.2, 0) is 0 Å². The maximum atomic E-state index is 6.02. The summed E-state index contributed by atoms with van der Waals surface area (Å²) in [7, 11) is 0. The Kier molecular flexibility index (Phi) is 4.56. The molecule has 0 saturated carbocycles. The van der Waals surface area contributed by atoms with E-state index in [-0.39, 0.29) is 0 Å². The maximum absolute atomic E-state index is 6.02. The van der Waals surface area contributed by atoms with Gasteiger partial charge in [-0.1, -0.05) is 36.2 Å². The first kappa shape index (κ1) is 12.1. The molecule has 17 heavy (non-hydrogen) atoms. The second-order valence-electron chi connectivity index (χ2n) is 4.03. The second-order valence-corrected chi connectivity index (χ2v) is 4.44. The maximum Gasteiger partial charge on any atom is 0.117 e. The minimum absolute atomic E-state index is 0.709. The van der Waals surface area contributed by atoms with Gasteiger partial charge in [-0.05, 0) is 18.9 Å². The zero-order valence-corrected chi connectivity index (χ0v) is 10.5. The zero-order chi connectivity index (χ0) is 11.9. The Hall–Kier alpha value is -1.35. The summed E-state index contributed by atoms with van der Waals surface area (Å²) in [5.74, 6) is 0.978. The lowest BCUT2D eigenvalue weighted by Crippen LogP contribution is -2.17. The van der Waals surface area contributed by atoms with Crippen molar-refractivity contribution < 1.29 is 0 Å². The topological polar surface area (TPSA) is 36.8 Å². The third-order valence-electron chi connectivity index (χ3n) is 2.68. The molecule has 0 spiro atoms. The lowest BCUT2D eigenvalue weighted by Gasteiger charge is -2.02. The Morgan fingerprint density at radius 1 is 1.24 bits per heavy atom. The van der Waals surface area contributed by atoms with Crippen molar-refractivity contribution in [3.8, 4) is 0 Å². The van der Waals surface area contributed by atoms with Crippen LogP contribution in [0.5, 0.6) is 0 Å². The van der Waals surface area contributed by atoms with Crippen molar-refractivity contribution in [3.63, 3.8) is 0 Å². The van der Waals surface area contributed by atoms with Gasteiger partial charge in [-0.2, -0.15) is 5.10 Å². The zero-order valence-electron chi connectivity index (χ0n) is 9.69. The van der Waals surface area contributed by atoms with Crippen LogP contribution in [0, 0.1) is 0 Å². The third-order valence-corrected chi connectivity index (χ3v) is 3.02. The van der Waals surface area contributed by atoms with Gasteiger partial charge < -0.3 is 0 Å². The van der Waals surface area contributed by atoms with Crippen molar-refractivity contribution in [1.29, 1.82) is 0 Å².